The van der Waals surface area contributed by atoms with Gasteiger partial charge in [0.15, 0.2) is 15.4 Å². The first-order valence-corrected chi connectivity index (χ1v) is 14.4. The van der Waals surface area contributed by atoms with E-state index in [1.807, 2.05) is 23.5 Å². The maximum Gasteiger partial charge on any atom is 0.353 e. The minimum atomic E-state index is -1.47. The first kappa shape index (κ1) is 26.5. The number of esters is 1. The van der Waals surface area contributed by atoms with E-state index in [0.29, 0.717) is 21.1 Å². The first-order valence-electron chi connectivity index (χ1n) is 11.9. The van der Waals surface area contributed by atoms with Crippen molar-refractivity contribution in [2.45, 2.75) is 36.1 Å². The number of thiazole rings is 1. The molecule has 14 heteroatoms. The fourth-order valence-corrected chi connectivity index (χ4v) is 8.63. The summed E-state index contributed by atoms with van der Waals surface area (Å²) in [5.41, 5.74) is 2.79. The lowest BCUT2D eigenvalue weighted by atomic mass is 9.88. The number of β-lactam (4-membered cyclic amide) rings is 1. The number of alkyl halides is 1. The van der Waals surface area contributed by atoms with Gasteiger partial charge in [-0.25, -0.2) is 9.78 Å². The number of amides is 1. The van der Waals surface area contributed by atoms with Crippen LogP contribution in [-0.2, 0) is 25.5 Å². The van der Waals surface area contributed by atoms with Gasteiger partial charge in [0.25, 0.3) is 11.6 Å². The number of rotatable bonds is 7. The summed E-state index contributed by atoms with van der Waals surface area (Å²) in [6.45, 7) is 3.24. The number of nitro groups is 1. The van der Waals surface area contributed by atoms with Gasteiger partial charge in [0, 0.05) is 36.6 Å². The number of thioether (sulfide) groups is 1. The summed E-state index contributed by atoms with van der Waals surface area (Å²) in [7, 11) is 0. The average Bonchev–Trinajstić information content (AvgIpc) is 3.56. The molecule has 4 heterocycles. The Morgan fingerprint density at radius 1 is 1.27 bits per heavy atom. The van der Waals surface area contributed by atoms with E-state index >= 15 is 0 Å². The lowest BCUT2D eigenvalue weighted by molar-refractivity contribution is -0.384. The summed E-state index contributed by atoms with van der Waals surface area (Å²) in [4.78, 5) is 55.6. The standard InChI is InChI=1S/C26H19BrN4O7S2/c1-12-3-8-17-18(9-12)40-25-28-16(11-29(17)25)21(38-13(2)32)26(27)23(35)30-20(22(33)34)19(39-24(26)30)10-14-4-6-15(7-5-14)31(36)37/h3-9,11,21,24H,10H2,1-2H3,(H,33,34). The number of allylic oxidation sites excluding steroid dienone is 1. The molecule has 4 aromatic rings. The molecule has 0 aliphatic carbocycles. The smallest absolute Gasteiger partial charge is 0.353 e. The van der Waals surface area contributed by atoms with E-state index in [4.69, 9.17) is 9.72 Å². The van der Waals surface area contributed by atoms with Crippen LogP contribution in [0.4, 0.5) is 5.69 Å². The number of aromatic nitrogens is 2. The minimum absolute atomic E-state index is 0.0826. The van der Waals surface area contributed by atoms with Crippen molar-refractivity contribution in [1.82, 2.24) is 14.3 Å². The quantitative estimate of drug-likeness (QED) is 0.0972. The fourth-order valence-electron chi connectivity index (χ4n) is 4.99. The normalized spacial score (nSPS) is 21.0. The van der Waals surface area contributed by atoms with Crippen LogP contribution in [0.25, 0.3) is 15.2 Å². The second-order valence-electron chi connectivity index (χ2n) is 9.47. The zero-order chi connectivity index (χ0) is 28.5. The number of halogens is 1. The van der Waals surface area contributed by atoms with Gasteiger partial charge in [-0.2, -0.15) is 0 Å². The molecule has 204 valence electrons. The minimum Gasteiger partial charge on any atom is -0.477 e. The summed E-state index contributed by atoms with van der Waals surface area (Å²) >= 11 is 6.20. The molecule has 1 N–H and O–H groups in total. The summed E-state index contributed by atoms with van der Waals surface area (Å²) < 4.78 is 7.13. The van der Waals surface area contributed by atoms with Gasteiger partial charge in [-0.3, -0.25) is 29.0 Å². The van der Waals surface area contributed by atoms with Crippen molar-refractivity contribution in [2.75, 3.05) is 0 Å². The number of carboxylic acids is 1. The number of ether oxygens (including phenoxy) is 1. The number of nitro benzene ring substituents is 1. The van der Waals surface area contributed by atoms with Crippen molar-refractivity contribution >= 4 is 77.7 Å². The molecule has 2 aromatic carbocycles. The van der Waals surface area contributed by atoms with Gasteiger partial charge in [-0.15, -0.1) is 11.8 Å². The van der Waals surface area contributed by atoms with Crippen LogP contribution in [0, 0.1) is 17.0 Å². The molecule has 11 nitrogen and oxygen atoms in total. The number of hydrogen-bond donors (Lipinski definition) is 1. The maximum absolute atomic E-state index is 13.7. The Balaban J connectivity index is 1.35. The molecule has 6 rings (SSSR count). The molecule has 0 saturated carbocycles. The molecule has 2 aromatic heterocycles. The Morgan fingerprint density at radius 2 is 2.00 bits per heavy atom. The molecular weight excluding hydrogens is 624 g/mol. The highest BCUT2D eigenvalue weighted by Crippen LogP contribution is 2.60. The zero-order valence-corrected chi connectivity index (χ0v) is 24.1. The summed E-state index contributed by atoms with van der Waals surface area (Å²) in [5.74, 6) is -2.46. The molecule has 2 aliphatic heterocycles. The van der Waals surface area contributed by atoms with Crippen molar-refractivity contribution in [3.63, 3.8) is 0 Å². The largest absolute Gasteiger partial charge is 0.477 e. The molecule has 40 heavy (non-hydrogen) atoms. The maximum atomic E-state index is 13.7. The SMILES string of the molecule is CC(=O)OC(c1cn2c(n1)sc1cc(C)ccc12)C1(Br)C(=O)N2C(C(=O)O)=C(Cc3ccc([N+](=O)[O-])cc3)SC21. The Hall–Kier alpha value is -3.75. The Bertz CT molecular complexity index is 1800. The Kier molecular flexibility index (Phi) is 6.23. The molecule has 1 amide bonds. The number of hydrogen-bond acceptors (Lipinski definition) is 9. The summed E-state index contributed by atoms with van der Waals surface area (Å²) in [5, 5.41) is 20.3. The van der Waals surface area contributed by atoms with E-state index in [1.54, 1.807) is 18.3 Å². The third-order valence-corrected chi connectivity index (χ3v) is 10.8. The molecule has 1 fully saturated rings. The highest BCUT2D eigenvalue weighted by Gasteiger charge is 2.70. The van der Waals surface area contributed by atoms with Gasteiger partial charge in [0.05, 0.1) is 15.1 Å². The van der Waals surface area contributed by atoms with Crippen LogP contribution in [0.3, 0.4) is 0 Å². The summed E-state index contributed by atoms with van der Waals surface area (Å²) in [6.07, 6.45) is 0.754. The topological polar surface area (TPSA) is 144 Å². The number of carbonyl (C=O) groups is 3. The monoisotopic (exact) mass is 642 g/mol. The van der Waals surface area contributed by atoms with Crippen molar-refractivity contribution in [3.05, 3.63) is 86.2 Å². The van der Waals surface area contributed by atoms with Crippen LogP contribution in [-0.4, -0.2) is 51.9 Å². The van der Waals surface area contributed by atoms with E-state index in [2.05, 4.69) is 22.0 Å². The van der Waals surface area contributed by atoms with E-state index < -0.39 is 38.6 Å². The molecule has 1 saturated heterocycles. The second-order valence-corrected chi connectivity index (χ2v) is 13.0. The predicted octanol–water partition coefficient (Wildman–Crippen LogP) is 4.96. The van der Waals surface area contributed by atoms with Gasteiger partial charge in [0.1, 0.15) is 16.8 Å². The molecule has 0 radical (unpaired) electrons. The number of imidazole rings is 1. The Morgan fingerprint density at radius 3 is 2.65 bits per heavy atom. The van der Waals surface area contributed by atoms with Crippen LogP contribution in [0.15, 0.2) is 59.3 Å². The lowest BCUT2D eigenvalue weighted by Crippen LogP contribution is -2.70. The van der Waals surface area contributed by atoms with Crippen molar-refractivity contribution in [3.8, 4) is 0 Å². The van der Waals surface area contributed by atoms with Crippen LogP contribution >= 0.6 is 39.0 Å². The number of aryl methyl sites for hydroxylation is 1. The third-order valence-electron chi connectivity index (χ3n) is 6.82. The van der Waals surface area contributed by atoms with E-state index in [0.717, 1.165) is 15.8 Å². The number of nitrogens with zero attached hydrogens (tertiary/aromatic N) is 4. The number of aliphatic carboxylic acids is 1. The van der Waals surface area contributed by atoms with Crippen LogP contribution in [0.1, 0.15) is 29.8 Å². The zero-order valence-electron chi connectivity index (χ0n) is 20.9. The average molecular weight is 643 g/mol. The molecule has 2 aliphatic rings. The van der Waals surface area contributed by atoms with Gasteiger partial charge >= 0.3 is 11.9 Å². The lowest BCUT2D eigenvalue weighted by Gasteiger charge is -2.51. The molecule has 0 bridgehead atoms. The Labute approximate surface area is 242 Å². The first-order chi connectivity index (χ1) is 19.0. The van der Waals surface area contributed by atoms with Crippen molar-refractivity contribution in [1.29, 1.82) is 0 Å². The number of carboxylic acid groups (broad SMARTS) is 1. The molecular formula is C26H19BrN4O7S2. The van der Waals surface area contributed by atoms with Gasteiger partial charge in [0.2, 0.25) is 0 Å². The number of non-ortho nitro benzene ring substituents is 1. The number of benzene rings is 2. The van der Waals surface area contributed by atoms with E-state index in [-0.39, 0.29) is 17.8 Å². The van der Waals surface area contributed by atoms with Crippen LogP contribution in [0.5, 0.6) is 0 Å². The van der Waals surface area contributed by atoms with Gasteiger partial charge < -0.3 is 9.84 Å². The fraction of sp³-hybridized carbons (Fsp3) is 0.231. The van der Waals surface area contributed by atoms with Crippen molar-refractivity contribution < 1.29 is 29.2 Å². The highest BCUT2D eigenvalue weighted by molar-refractivity contribution is 9.10. The number of carbonyl (C=O) groups excluding carboxylic acids is 2. The van der Waals surface area contributed by atoms with Crippen LogP contribution in [0.2, 0.25) is 0 Å². The molecule has 3 atom stereocenters. The number of fused-ring (bicyclic) bond motifs is 4. The molecule has 0 spiro atoms. The summed E-state index contributed by atoms with van der Waals surface area (Å²) in [6, 6.07) is 11.8. The highest BCUT2D eigenvalue weighted by atomic mass is 79.9. The van der Waals surface area contributed by atoms with E-state index in [9.17, 15) is 29.6 Å². The van der Waals surface area contributed by atoms with E-state index in [1.165, 1.54) is 47.1 Å². The predicted molar refractivity (Wildman–Crippen MR) is 151 cm³/mol. The van der Waals surface area contributed by atoms with Crippen LogP contribution < -0.4 is 0 Å². The third kappa shape index (κ3) is 4.00. The van der Waals surface area contributed by atoms with Gasteiger partial charge in [-0.1, -0.05) is 45.5 Å². The molecule has 3 unspecified atom stereocenters. The van der Waals surface area contributed by atoms with Gasteiger partial charge in [-0.05, 0) is 30.2 Å². The second kappa shape index (κ2) is 9.42. The van der Waals surface area contributed by atoms with Crippen molar-refractivity contribution in [2.24, 2.45) is 0 Å².